The van der Waals surface area contributed by atoms with Gasteiger partial charge in [0.2, 0.25) is 0 Å². The summed E-state index contributed by atoms with van der Waals surface area (Å²) < 4.78 is 1.99. The lowest BCUT2D eigenvalue weighted by Crippen LogP contribution is -1.99. The van der Waals surface area contributed by atoms with E-state index in [4.69, 9.17) is 16.9 Å². The molecule has 1 aromatic heterocycles. The molecule has 2 aromatic carbocycles. The molecule has 0 bridgehead atoms. The number of nitriles is 1. The van der Waals surface area contributed by atoms with Crippen LogP contribution in [0, 0.1) is 11.3 Å². The Kier molecular flexibility index (Phi) is 4.56. The molecule has 0 aliphatic carbocycles. The standard InChI is InChI=1S/C19H14ClN3/c20-19-11-16(12-21)6-7-18(19)17(13-23-9-8-22-14-23)10-15-4-2-1-3-5-15/h1-11,14H,13H2. The Morgan fingerprint density at radius 3 is 2.70 bits per heavy atom. The minimum atomic E-state index is 0.556. The van der Waals surface area contributed by atoms with Crippen LogP contribution in [0.3, 0.4) is 0 Å². The Balaban J connectivity index is 2.05. The van der Waals surface area contributed by atoms with Gasteiger partial charge in [-0.15, -0.1) is 0 Å². The zero-order valence-electron chi connectivity index (χ0n) is 12.4. The third-order valence-electron chi connectivity index (χ3n) is 3.50. The second-order valence-corrected chi connectivity index (χ2v) is 5.53. The molecule has 0 spiro atoms. The number of hydrogen-bond acceptors (Lipinski definition) is 2. The lowest BCUT2D eigenvalue weighted by Gasteiger charge is -2.11. The number of halogens is 1. The average Bonchev–Trinajstić information content (AvgIpc) is 3.08. The molecule has 0 saturated carbocycles. The van der Waals surface area contributed by atoms with Crippen LogP contribution in [0.1, 0.15) is 16.7 Å². The van der Waals surface area contributed by atoms with Crippen LogP contribution in [0.2, 0.25) is 5.02 Å². The number of allylic oxidation sites excluding steroid dienone is 1. The summed E-state index contributed by atoms with van der Waals surface area (Å²) >= 11 is 6.39. The van der Waals surface area contributed by atoms with Gasteiger partial charge in [-0.25, -0.2) is 4.98 Å². The van der Waals surface area contributed by atoms with Gasteiger partial charge in [-0.2, -0.15) is 5.26 Å². The molecule has 23 heavy (non-hydrogen) atoms. The molecule has 1 heterocycles. The van der Waals surface area contributed by atoms with Crippen molar-refractivity contribution in [2.24, 2.45) is 0 Å². The van der Waals surface area contributed by atoms with Gasteiger partial charge in [0.1, 0.15) is 0 Å². The Bertz CT molecular complexity index is 859. The molecule has 3 nitrogen and oxygen atoms in total. The number of hydrogen-bond donors (Lipinski definition) is 0. The summed E-state index contributed by atoms with van der Waals surface area (Å²) in [5.74, 6) is 0. The molecule has 0 saturated heterocycles. The fourth-order valence-electron chi connectivity index (χ4n) is 2.38. The lowest BCUT2D eigenvalue weighted by molar-refractivity contribution is 0.836. The van der Waals surface area contributed by atoms with Crippen LogP contribution in [0.5, 0.6) is 0 Å². The van der Waals surface area contributed by atoms with Gasteiger partial charge in [0.25, 0.3) is 0 Å². The maximum atomic E-state index is 9.00. The Hall–Kier alpha value is -2.83. The van der Waals surface area contributed by atoms with Gasteiger partial charge in [0, 0.05) is 24.0 Å². The summed E-state index contributed by atoms with van der Waals surface area (Å²) in [6.07, 6.45) is 7.54. The largest absolute Gasteiger partial charge is 0.333 e. The molecule has 0 aliphatic rings. The molecule has 0 atom stereocenters. The predicted molar refractivity (Wildman–Crippen MR) is 92.7 cm³/mol. The molecule has 0 amide bonds. The molecular weight excluding hydrogens is 306 g/mol. The van der Waals surface area contributed by atoms with Crippen LogP contribution in [-0.4, -0.2) is 9.55 Å². The first-order valence-corrected chi connectivity index (χ1v) is 7.55. The summed E-state index contributed by atoms with van der Waals surface area (Å²) in [5, 5.41) is 9.57. The fraction of sp³-hybridized carbons (Fsp3) is 0.0526. The number of aromatic nitrogens is 2. The predicted octanol–water partition coefficient (Wildman–Crippen LogP) is 4.65. The summed E-state index contributed by atoms with van der Waals surface area (Å²) in [7, 11) is 0. The topological polar surface area (TPSA) is 41.6 Å². The number of rotatable bonds is 4. The van der Waals surface area contributed by atoms with Gasteiger partial charge in [0.05, 0.1) is 18.0 Å². The van der Waals surface area contributed by atoms with E-state index in [2.05, 4.69) is 17.1 Å². The number of nitrogens with zero attached hydrogens (tertiary/aromatic N) is 3. The smallest absolute Gasteiger partial charge is 0.0992 e. The zero-order valence-corrected chi connectivity index (χ0v) is 13.1. The highest BCUT2D eigenvalue weighted by Crippen LogP contribution is 2.28. The van der Waals surface area contributed by atoms with Gasteiger partial charge in [0.15, 0.2) is 0 Å². The third-order valence-corrected chi connectivity index (χ3v) is 3.81. The van der Waals surface area contributed by atoms with Crippen molar-refractivity contribution in [3.8, 4) is 6.07 Å². The minimum Gasteiger partial charge on any atom is -0.333 e. The van der Waals surface area contributed by atoms with Crippen LogP contribution in [0.25, 0.3) is 11.6 Å². The van der Waals surface area contributed by atoms with Crippen LogP contribution >= 0.6 is 11.6 Å². The summed E-state index contributed by atoms with van der Waals surface area (Å²) in [4.78, 5) is 4.09. The van der Waals surface area contributed by atoms with Gasteiger partial charge < -0.3 is 4.57 Å². The summed E-state index contributed by atoms with van der Waals surface area (Å²) in [5.41, 5.74) is 3.63. The molecule has 0 N–H and O–H groups in total. The Labute approximate surface area is 140 Å². The SMILES string of the molecule is N#Cc1ccc(C(=Cc2ccccc2)Cn2ccnc2)c(Cl)c1. The van der Waals surface area contributed by atoms with E-state index in [9.17, 15) is 0 Å². The normalized spacial score (nSPS) is 11.2. The molecule has 112 valence electrons. The number of benzene rings is 2. The van der Waals surface area contributed by atoms with Gasteiger partial charge >= 0.3 is 0 Å². The van der Waals surface area contributed by atoms with E-state index in [1.807, 2.05) is 47.2 Å². The molecule has 0 aliphatic heterocycles. The Morgan fingerprint density at radius 1 is 1.22 bits per heavy atom. The molecule has 3 aromatic rings. The highest BCUT2D eigenvalue weighted by Gasteiger charge is 2.09. The molecule has 3 rings (SSSR count). The minimum absolute atomic E-state index is 0.556. The van der Waals surface area contributed by atoms with Gasteiger partial charge in [-0.1, -0.05) is 48.0 Å². The van der Waals surface area contributed by atoms with Crippen molar-refractivity contribution in [3.05, 3.63) is 89.0 Å². The first kappa shape index (κ1) is 15.1. The van der Waals surface area contributed by atoms with E-state index in [1.165, 1.54) is 0 Å². The zero-order chi connectivity index (χ0) is 16.1. The molecule has 4 heteroatoms. The third kappa shape index (κ3) is 3.68. The lowest BCUT2D eigenvalue weighted by atomic mass is 10.0. The van der Waals surface area contributed by atoms with Crippen molar-refractivity contribution in [3.63, 3.8) is 0 Å². The molecular formula is C19H14ClN3. The van der Waals surface area contributed by atoms with Crippen molar-refractivity contribution in [2.75, 3.05) is 0 Å². The maximum Gasteiger partial charge on any atom is 0.0992 e. The molecule has 0 unspecified atom stereocenters. The van der Waals surface area contributed by atoms with Gasteiger partial charge in [-0.05, 0) is 34.9 Å². The summed E-state index contributed by atoms with van der Waals surface area (Å²) in [6.45, 7) is 0.653. The Morgan fingerprint density at radius 2 is 2.04 bits per heavy atom. The first-order valence-electron chi connectivity index (χ1n) is 7.17. The van der Waals surface area contributed by atoms with E-state index in [0.29, 0.717) is 17.1 Å². The van der Waals surface area contributed by atoms with Crippen LogP contribution < -0.4 is 0 Å². The molecule has 0 radical (unpaired) electrons. The molecule has 0 fully saturated rings. The summed E-state index contributed by atoms with van der Waals surface area (Å²) in [6, 6.07) is 17.6. The second kappa shape index (κ2) is 6.95. The van der Waals surface area contributed by atoms with Gasteiger partial charge in [-0.3, -0.25) is 0 Å². The first-order chi connectivity index (χ1) is 11.3. The van der Waals surface area contributed by atoms with Crippen LogP contribution in [0.4, 0.5) is 0 Å². The van der Waals surface area contributed by atoms with E-state index in [-0.39, 0.29) is 0 Å². The van der Waals surface area contributed by atoms with E-state index in [0.717, 1.165) is 16.7 Å². The average molecular weight is 320 g/mol. The second-order valence-electron chi connectivity index (χ2n) is 5.12. The number of imidazole rings is 1. The highest BCUT2D eigenvalue weighted by atomic mass is 35.5. The quantitative estimate of drug-likeness (QED) is 0.657. The fourth-order valence-corrected chi connectivity index (χ4v) is 2.68. The monoisotopic (exact) mass is 319 g/mol. The van der Waals surface area contributed by atoms with Crippen molar-refractivity contribution >= 4 is 23.3 Å². The van der Waals surface area contributed by atoms with Crippen LogP contribution in [0.15, 0.2) is 67.3 Å². The maximum absolute atomic E-state index is 9.00. The van der Waals surface area contributed by atoms with Crippen molar-refractivity contribution < 1.29 is 0 Å². The van der Waals surface area contributed by atoms with E-state index >= 15 is 0 Å². The van der Waals surface area contributed by atoms with Crippen molar-refractivity contribution in [2.45, 2.75) is 6.54 Å². The van der Waals surface area contributed by atoms with Crippen molar-refractivity contribution in [1.82, 2.24) is 9.55 Å². The van der Waals surface area contributed by atoms with E-state index < -0.39 is 0 Å². The van der Waals surface area contributed by atoms with E-state index in [1.54, 1.807) is 24.7 Å². The van der Waals surface area contributed by atoms with Crippen LogP contribution in [-0.2, 0) is 6.54 Å². The van der Waals surface area contributed by atoms with Crippen molar-refractivity contribution in [1.29, 1.82) is 5.26 Å². The highest BCUT2D eigenvalue weighted by molar-refractivity contribution is 6.32.